The minimum Gasteiger partial charge on any atom is -0.394 e. The van der Waals surface area contributed by atoms with Gasteiger partial charge < -0.3 is 20.0 Å². The van der Waals surface area contributed by atoms with Gasteiger partial charge in [0.1, 0.15) is 12.2 Å². The summed E-state index contributed by atoms with van der Waals surface area (Å²) in [7, 11) is 0. The lowest BCUT2D eigenvalue weighted by molar-refractivity contribution is -0.133. The number of aliphatic hydroxyl groups is 1. The molecule has 1 aliphatic heterocycles. The molecule has 0 spiro atoms. The number of hydrogen-bond donors (Lipinski definition) is 2. The molecule has 35 heavy (non-hydrogen) atoms. The zero-order chi connectivity index (χ0) is 24.5. The van der Waals surface area contributed by atoms with Crippen LogP contribution in [0.5, 0.6) is 0 Å². The maximum absolute atomic E-state index is 13.0. The number of rotatable bonds is 11. The first kappa shape index (κ1) is 24.6. The number of amides is 1. The second-order valence-corrected chi connectivity index (χ2v) is 8.66. The normalized spacial score (nSPS) is 16.7. The average molecular weight is 473 g/mol. The van der Waals surface area contributed by atoms with Crippen molar-refractivity contribution in [2.45, 2.75) is 44.4 Å². The molecule has 1 heterocycles. The van der Waals surface area contributed by atoms with Gasteiger partial charge in [0.15, 0.2) is 0 Å². The summed E-state index contributed by atoms with van der Waals surface area (Å²) in [6.07, 6.45) is 1.32. The minimum absolute atomic E-state index is 0.0198. The number of carbonyl (C=O) groups is 1. The molecule has 6 heteroatoms. The third kappa shape index (κ3) is 6.78. The maximum atomic E-state index is 13.0. The SMILES string of the molecule is CCO[C@@H](Cc1cccc(C2=NOC(Cc3ccccc3)C2)c1)C(=O)N[C@@H](CO)c1ccccc1. The van der Waals surface area contributed by atoms with Crippen molar-refractivity contribution in [1.82, 2.24) is 5.32 Å². The number of aliphatic hydroxyl groups excluding tert-OH is 1. The van der Waals surface area contributed by atoms with Gasteiger partial charge in [0.05, 0.1) is 18.4 Å². The molecule has 0 aliphatic carbocycles. The summed E-state index contributed by atoms with van der Waals surface area (Å²) in [5.41, 5.74) is 4.96. The van der Waals surface area contributed by atoms with Gasteiger partial charge in [-0.3, -0.25) is 4.79 Å². The Hall–Kier alpha value is -3.48. The van der Waals surface area contributed by atoms with Gasteiger partial charge in [-0.25, -0.2) is 0 Å². The van der Waals surface area contributed by atoms with Gasteiger partial charge in [-0.15, -0.1) is 0 Å². The average Bonchev–Trinajstić information content (AvgIpc) is 3.36. The van der Waals surface area contributed by atoms with Crippen LogP contribution in [0.4, 0.5) is 0 Å². The molecule has 1 unspecified atom stereocenters. The van der Waals surface area contributed by atoms with Crippen LogP contribution in [0.25, 0.3) is 0 Å². The highest BCUT2D eigenvalue weighted by atomic mass is 16.6. The fraction of sp³-hybridized carbons (Fsp3) is 0.310. The van der Waals surface area contributed by atoms with Crippen molar-refractivity contribution in [3.8, 4) is 0 Å². The van der Waals surface area contributed by atoms with Crippen molar-refractivity contribution in [2.75, 3.05) is 13.2 Å². The van der Waals surface area contributed by atoms with Crippen molar-refractivity contribution in [3.05, 3.63) is 107 Å². The van der Waals surface area contributed by atoms with Gasteiger partial charge >= 0.3 is 0 Å². The van der Waals surface area contributed by atoms with Gasteiger partial charge in [-0.05, 0) is 35.2 Å². The van der Waals surface area contributed by atoms with E-state index >= 15 is 0 Å². The lowest BCUT2D eigenvalue weighted by atomic mass is 9.97. The summed E-state index contributed by atoms with van der Waals surface area (Å²) < 4.78 is 5.79. The Morgan fingerprint density at radius 2 is 1.77 bits per heavy atom. The molecular weight excluding hydrogens is 440 g/mol. The van der Waals surface area contributed by atoms with Crippen LogP contribution in [0, 0.1) is 0 Å². The van der Waals surface area contributed by atoms with Crippen molar-refractivity contribution >= 4 is 11.6 Å². The topological polar surface area (TPSA) is 80.2 Å². The summed E-state index contributed by atoms with van der Waals surface area (Å²) in [6, 6.07) is 27.2. The molecule has 3 atom stereocenters. The molecule has 4 rings (SSSR count). The van der Waals surface area contributed by atoms with E-state index in [1.165, 1.54) is 5.56 Å². The Morgan fingerprint density at radius 1 is 1.06 bits per heavy atom. The van der Waals surface area contributed by atoms with E-state index in [1.807, 2.05) is 79.7 Å². The first-order chi connectivity index (χ1) is 17.2. The Bertz CT molecular complexity index is 1120. The van der Waals surface area contributed by atoms with Crippen molar-refractivity contribution in [3.63, 3.8) is 0 Å². The summed E-state index contributed by atoms with van der Waals surface area (Å²) >= 11 is 0. The molecule has 1 aliphatic rings. The predicted octanol–water partition coefficient (Wildman–Crippen LogP) is 4.22. The fourth-order valence-corrected chi connectivity index (χ4v) is 4.29. The molecule has 2 N–H and O–H groups in total. The second-order valence-electron chi connectivity index (χ2n) is 8.66. The molecule has 1 amide bonds. The standard InChI is InChI=1S/C29H32N2O4/c1-2-34-28(29(33)30-27(20-32)23-13-7-4-8-14-23)18-22-12-9-15-24(16-22)26-19-25(35-31-26)17-21-10-5-3-6-11-21/h3-16,25,27-28,32H,2,17-20H2,1H3,(H,30,33)/t25?,27-,28-/m0/s1. The summed E-state index contributed by atoms with van der Waals surface area (Å²) in [4.78, 5) is 18.7. The van der Waals surface area contributed by atoms with Gasteiger partial charge in [-0.2, -0.15) is 0 Å². The highest BCUT2D eigenvalue weighted by Crippen LogP contribution is 2.21. The van der Waals surface area contributed by atoms with Gasteiger partial charge in [-0.1, -0.05) is 84.0 Å². The summed E-state index contributed by atoms with van der Waals surface area (Å²) in [5.74, 6) is -0.246. The highest BCUT2D eigenvalue weighted by molar-refractivity contribution is 6.01. The number of oxime groups is 1. The molecule has 3 aromatic carbocycles. The Kier molecular flexibility index (Phi) is 8.65. The molecule has 182 valence electrons. The number of nitrogens with zero attached hydrogens (tertiary/aromatic N) is 1. The smallest absolute Gasteiger partial charge is 0.250 e. The lowest BCUT2D eigenvalue weighted by Crippen LogP contribution is -2.41. The fourth-order valence-electron chi connectivity index (χ4n) is 4.29. The first-order valence-electron chi connectivity index (χ1n) is 12.1. The quantitative estimate of drug-likeness (QED) is 0.438. The van der Waals surface area contributed by atoms with E-state index < -0.39 is 12.1 Å². The number of hydrogen-bond acceptors (Lipinski definition) is 5. The zero-order valence-corrected chi connectivity index (χ0v) is 20.0. The van der Waals surface area contributed by atoms with E-state index in [0.29, 0.717) is 13.0 Å². The Balaban J connectivity index is 1.40. The van der Waals surface area contributed by atoms with Crippen LogP contribution in [0.3, 0.4) is 0 Å². The van der Waals surface area contributed by atoms with E-state index in [0.717, 1.165) is 35.2 Å². The number of carbonyl (C=O) groups excluding carboxylic acids is 1. The van der Waals surface area contributed by atoms with E-state index in [4.69, 9.17) is 9.57 Å². The van der Waals surface area contributed by atoms with E-state index in [9.17, 15) is 9.90 Å². The third-order valence-corrected chi connectivity index (χ3v) is 6.08. The molecule has 0 saturated heterocycles. The summed E-state index contributed by atoms with van der Waals surface area (Å²) in [6.45, 7) is 2.09. The number of ether oxygens (including phenoxy) is 1. The van der Waals surface area contributed by atoms with E-state index in [-0.39, 0.29) is 18.6 Å². The molecule has 3 aromatic rings. The molecule has 0 saturated carbocycles. The molecule has 0 fully saturated rings. The largest absolute Gasteiger partial charge is 0.394 e. The van der Waals surface area contributed by atoms with E-state index in [2.05, 4.69) is 22.6 Å². The molecule has 0 bridgehead atoms. The summed E-state index contributed by atoms with van der Waals surface area (Å²) in [5, 5.41) is 17.1. The van der Waals surface area contributed by atoms with Crippen LogP contribution in [0.2, 0.25) is 0 Å². The molecule has 0 aromatic heterocycles. The Labute approximate surface area is 206 Å². The predicted molar refractivity (Wildman–Crippen MR) is 136 cm³/mol. The van der Waals surface area contributed by atoms with Crippen LogP contribution in [0.15, 0.2) is 90.1 Å². The zero-order valence-electron chi connectivity index (χ0n) is 20.0. The Morgan fingerprint density at radius 3 is 2.49 bits per heavy atom. The van der Waals surface area contributed by atoms with Crippen molar-refractivity contribution in [2.24, 2.45) is 5.16 Å². The van der Waals surface area contributed by atoms with Gasteiger partial charge in [0, 0.05) is 25.9 Å². The molecule has 0 radical (unpaired) electrons. The van der Waals surface area contributed by atoms with Gasteiger partial charge in [0.2, 0.25) is 5.91 Å². The van der Waals surface area contributed by atoms with Crippen LogP contribution in [-0.2, 0) is 27.2 Å². The van der Waals surface area contributed by atoms with Crippen LogP contribution in [-0.4, -0.2) is 42.1 Å². The van der Waals surface area contributed by atoms with Crippen molar-refractivity contribution in [1.29, 1.82) is 0 Å². The van der Waals surface area contributed by atoms with Crippen LogP contribution in [0.1, 0.15) is 41.6 Å². The first-order valence-corrected chi connectivity index (χ1v) is 12.1. The third-order valence-electron chi connectivity index (χ3n) is 6.08. The van der Waals surface area contributed by atoms with Gasteiger partial charge in [0.25, 0.3) is 0 Å². The number of nitrogens with one attached hydrogen (secondary N) is 1. The molecular formula is C29H32N2O4. The van der Waals surface area contributed by atoms with Crippen LogP contribution >= 0.6 is 0 Å². The minimum atomic E-state index is -0.666. The maximum Gasteiger partial charge on any atom is 0.250 e. The lowest BCUT2D eigenvalue weighted by Gasteiger charge is -2.22. The highest BCUT2D eigenvalue weighted by Gasteiger charge is 2.25. The van der Waals surface area contributed by atoms with E-state index in [1.54, 1.807) is 0 Å². The molecule has 6 nitrogen and oxygen atoms in total. The van der Waals surface area contributed by atoms with Crippen molar-refractivity contribution < 1.29 is 19.5 Å². The number of benzene rings is 3. The monoisotopic (exact) mass is 472 g/mol. The van der Waals surface area contributed by atoms with Crippen LogP contribution < -0.4 is 5.32 Å². The second kappa shape index (κ2) is 12.3.